The zero-order chi connectivity index (χ0) is 39.6. The number of nitrogens with two attached hydrogens (primary N) is 2. The van der Waals surface area contributed by atoms with Gasteiger partial charge in [0.15, 0.2) is 5.82 Å². The number of benzene rings is 2. The monoisotopic (exact) mass is 775 g/mol. The molecule has 0 radical (unpaired) electrons. The number of anilines is 3. The second-order valence-corrected chi connectivity index (χ2v) is 15.2. The van der Waals surface area contributed by atoms with Crippen molar-refractivity contribution in [3.05, 3.63) is 77.5 Å². The fraction of sp³-hybridized carbons (Fsp3) is 0.415. The smallest absolute Gasteiger partial charge is 0.262 e. The fourth-order valence-electron chi connectivity index (χ4n) is 7.83. The normalized spacial score (nSPS) is 23.9. The van der Waals surface area contributed by atoms with Crippen molar-refractivity contribution in [1.29, 1.82) is 0 Å². The highest BCUT2D eigenvalue weighted by atomic mass is 16.5. The number of nitrogens with zero attached hydrogens (tertiary/aromatic N) is 5. The largest absolute Gasteiger partial charge is 0.491 e. The van der Waals surface area contributed by atoms with Crippen LogP contribution in [0.5, 0.6) is 5.75 Å². The Hall–Kier alpha value is -6.16. The molecule has 2 unspecified atom stereocenters. The van der Waals surface area contributed by atoms with E-state index in [1.165, 1.54) is 6.20 Å². The van der Waals surface area contributed by atoms with E-state index < -0.39 is 35.6 Å². The molecule has 0 spiro atoms. The van der Waals surface area contributed by atoms with E-state index in [0.717, 1.165) is 62.1 Å². The van der Waals surface area contributed by atoms with Gasteiger partial charge in [-0.2, -0.15) is 0 Å². The molecule has 2 saturated carbocycles. The van der Waals surface area contributed by atoms with Gasteiger partial charge < -0.3 is 31.2 Å². The zero-order valence-electron chi connectivity index (χ0n) is 31.4. The Kier molecular flexibility index (Phi) is 10.7. The second kappa shape index (κ2) is 16.1. The van der Waals surface area contributed by atoms with Crippen LogP contribution in [0.2, 0.25) is 0 Å². The van der Waals surface area contributed by atoms with Crippen molar-refractivity contribution in [2.75, 3.05) is 35.6 Å². The number of hydrogen-bond acceptors (Lipinski definition) is 13. The molecule has 4 heterocycles. The molecule has 3 aromatic rings. The number of aliphatic imine (C=N–C) groups is 1. The van der Waals surface area contributed by atoms with Gasteiger partial charge in [-0.15, -0.1) is 0 Å². The first-order valence-electron chi connectivity index (χ1n) is 19.5. The quantitative estimate of drug-likeness (QED) is 0.0901. The molecular weight excluding hydrogens is 731 g/mol. The highest BCUT2D eigenvalue weighted by Crippen LogP contribution is 2.36. The number of fused-ring (bicyclic) bond motifs is 1. The molecule has 296 valence electrons. The van der Waals surface area contributed by atoms with E-state index in [9.17, 15) is 24.0 Å². The van der Waals surface area contributed by atoms with E-state index >= 15 is 0 Å². The number of amides is 5. The van der Waals surface area contributed by atoms with E-state index in [0.29, 0.717) is 41.8 Å². The van der Waals surface area contributed by atoms with Gasteiger partial charge >= 0.3 is 0 Å². The average Bonchev–Trinajstić information content (AvgIpc) is 3.87. The summed E-state index contributed by atoms with van der Waals surface area (Å²) in [4.78, 5) is 80.2. The molecule has 2 atom stereocenters. The second-order valence-electron chi connectivity index (χ2n) is 15.2. The number of ether oxygens (including phenoxy) is 2. The topological polar surface area (TPSA) is 225 Å². The molecule has 8 rings (SSSR count). The van der Waals surface area contributed by atoms with Gasteiger partial charge in [0.25, 0.3) is 17.7 Å². The standard InChI is InChI=1S/C41H45N9O7/c42-19-31(37-44-13-1-14-45-37)38(52)47-33-16-24(32(43)18-35(33)56-22-23-2-3-23)20-46-25-4-7-27(8-5-25)57-28-12-15-49(21-28)26-6-9-29-30(17-26)41(55)50(40(29)54)34-10-11-36(51)48-39(34)53/h1,6,9,13-14,16-20,23,25,27-28,34H,2-5,7-8,10-12,15,21-22,42-43H2,(H,47,52)(H,48,51,53)/b31-19+,46-20?. The van der Waals surface area contributed by atoms with Crippen LogP contribution < -0.4 is 31.7 Å². The number of hydrogen-bond donors (Lipinski definition) is 4. The van der Waals surface area contributed by atoms with E-state index in [1.807, 2.05) is 6.07 Å². The Morgan fingerprint density at radius 1 is 0.947 bits per heavy atom. The lowest BCUT2D eigenvalue weighted by atomic mass is 9.93. The summed E-state index contributed by atoms with van der Waals surface area (Å²) in [5.41, 5.74) is 15.3. The van der Waals surface area contributed by atoms with Gasteiger partial charge in [-0.05, 0) is 87.6 Å². The number of aromatic nitrogens is 2. The van der Waals surface area contributed by atoms with Crippen molar-refractivity contribution in [2.45, 2.75) is 82.1 Å². The predicted octanol–water partition coefficient (Wildman–Crippen LogP) is 3.21. The van der Waals surface area contributed by atoms with Crippen LogP contribution in [0.15, 0.2) is 60.0 Å². The number of nitrogen functional groups attached to an aromatic ring is 1. The molecule has 3 aliphatic heterocycles. The Bertz CT molecular complexity index is 2150. The minimum atomic E-state index is -0.998. The van der Waals surface area contributed by atoms with Crippen LogP contribution >= 0.6 is 0 Å². The van der Waals surface area contributed by atoms with E-state index in [4.69, 9.17) is 25.9 Å². The highest BCUT2D eigenvalue weighted by Gasteiger charge is 2.45. The van der Waals surface area contributed by atoms with Crippen LogP contribution in [0.4, 0.5) is 17.1 Å². The minimum Gasteiger partial charge on any atom is -0.491 e. The molecule has 2 aliphatic carbocycles. The maximum Gasteiger partial charge on any atom is 0.262 e. The lowest BCUT2D eigenvalue weighted by molar-refractivity contribution is -0.136. The fourth-order valence-corrected chi connectivity index (χ4v) is 7.83. The summed E-state index contributed by atoms with van der Waals surface area (Å²) in [5, 5.41) is 5.14. The van der Waals surface area contributed by atoms with Gasteiger partial charge in [0.2, 0.25) is 11.8 Å². The molecular formula is C41H45N9O7. The minimum absolute atomic E-state index is 0.0118. The Morgan fingerprint density at radius 2 is 1.72 bits per heavy atom. The van der Waals surface area contributed by atoms with Crippen molar-refractivity contribution >= 4 is 58.4 Å². The third kappa shape index (κ3) is 8.21. The molecule has 5 aliphatic rings. The molecule has 4 fully saturated rings. The summed E-state index contributed by atoms with van der Waals surface area (Å²) in [6.45, 7) is 1.92. The Morgan fingerprint density at radius 3 is 2.46 bits per heavy atom. The lowest BCUT2D eigenvalue weighted by Gasteiger charge is -2.29. The van der Waals surface area contributed by atoms with Gasteiger partial charge in [-0.3, -0.25) is 39.2 Å². The van der Waals surface area contributed by atoms with Gasteiger partial charge in [0, 0.05) is 67.3 Å². The van der Waals surface area contributed by atoms with Crippen molar-refractivity contribution in [2.24, 2.45) is 16.6 Å². The number of carbonyl (C=O) groups is 5. The van der Waals surface area contributed by atoms with Crippen LogP contribution in [-0.4, -0.2) is 94.6 Å². The van der Waals surface area contributed by atoms with Crippen molar-refractivity contribution in [3.63, 3.8) is 0 Å². The van der Waals surface area contributed by atoms with Crippen LogP contribution in [0.3, 0.4) is 0 Å². The van der Waals surface area contributed by atoms with Gasteiger partial charge in [-0.25, -0.2) is 9.97 Å². The van der Waals surface area contributed by atoms with Gasteiger partial charge in [0.1, 0.15) is 11.8 Å². The summed E-state index contributed by atoms with van der Waals surface area (Å²) in [6, 6.07) is 9.42. The van der Waals surface area contributed by atoms with Crippen LogP contribution in [0.25, 0.3) is 5.57 Å². The molecule has 57 heavy (non-hydrogen) atoms. The summed E-state index contributed by atoms with van der Waals surface area (Å²) < 4.78 is 12.6. The first kappa shape index (κ1) is 37.7. The third-order valence-corrected chi connectivity index (χ3v) is 11.2. The first-order chi connectivity index (χ1) is 27.6. The van der Waals surface area contributed by atoms with E-state index in [-0.39, 0.29) is 53.6 Å². The molecule has 6 N–H and O–H groups in total. The maximum absolute atomic E-state index is 13.3. The average molecular weight is 776 g/mol. The summed E-state index contributed by atoms with van der Waals surface area (Å²) in [6.07, 6.45) is 12.7. The Labute approximate surface area is 329 Å². The van der Waals surface area contributed by atoms with Crippen LogP contribution in [0.1, 0.15) is 89.9 Å². The number of nitrogens with one attached hydrogen (secondary N) is 2. The predicted molar refractivity (Wildman–Crippen MR) is 210 cm³/mol. The summed E-state index contributed by atoms with van der Waals surface area (Å²) in [5.74, 6) is -1.38. The number of carbonyl (C=O) groups excluding carboxylic acids is 5. The van der Waals surface area contributed by atoms with Gasteiger partial charge in [-0.1, -0.05) is 0 Å². The van der Waals surface area contributed by atoms with E-state index in [1.54, 1.807) is 48.9 Å². The van der Waals surface area contributed by atoms with Crippen molar-refractivity contribution < 1.29 is 33.4 Å². The summed E-state index contributed by atoms with van der Waals surface area (Å²) >= 11 is 0. The van der Waals surface area contributed by atoms with Crippen LogP contribution in [0, 0.1) is 5.92 Å². The molecule has 1 aromatic heterocycles. The molecule has 16 nitrogen and oxygen atoms in total. The SMILES string of the molecule is N/C=C(/C(=O)Nc1cc(C=NC2CCC(OC3CCN(c4ccc5c(c4)C(=O)N(C4CCC(=O)NC4=O)C5=O)C3)CC2)c(N)cc1OCC1CC1)c1ncccn1. The first-order valence-corrected chi connectivity index (χ1v) is 19.5. The third-order valence-electron chi connectivity index (χ3n) is 11.2. The molecule has 5 amide bonds. The number of imide groups is 2. The highest BCUT2D eigenvalue weighted by molar-refractivity contribution is 6.25. The van der Waals surface area contributed by atoms with Gasteiger partial charge in [0.05, 0.1) is 47.2 Å². The maximum atomic E-state index is 13.3. The van der Waals surface area contributed by atoms with Crippen molar-refractivity contribution in [1.82, 2.24) is 20.2 Å². The number of piperidine rings is 1. The molecule has 2 saturated heterocycles. The van der Waals surface area contributed by atoms with Crippen molar-refractivity contribution in [3.8, 4) is 5.75 Å². The van der Waals surface area contributed by atoms with Crippen LogP contribution in [-0.2, 0) is 19.1 Å². The molecule has 0 bridgehead atoms. The number of rotatable bonds is 12. The summed E-state index contributed by atoms with van der Waals surface area (Å²) in [7, 11) is 0. The zero-order valence-corrected chi connectivity index (χ0v) is 31.4. The lowest BCUT2D eigenvalue weighted by Crippen LogP contribution is -2.54. The Balaban J connectivity index is 0.855. The molecule has 2 aromatic carbocycles. The van der Waals surface area contributed by atoms with E-state index in [2.05, 4.69) is 25.5 Å². The molecule has 16 heteroatoms.